The Morgan fingerprint density at radius 3 is 1.58 bits per heavy atom. The van der Waals surface area contributed by atoms with E-state index >= 15 is 0 Å². The minimum Gasteiger partial charge on any atom is -0.455 e. The highest BCUT2D eigenvalue weighted by molar-refractivity contribution is 6.22. The molecule has 3 aromatic heterocycles. The molecule has 0 atom stereocenters. The Morgan fingerprint density at radius 1 is 0.358 bits per heavy atom. The number of fused-ring (bicyclic) bond motifs is 5. The summed E-state index contributed by atoms with van der Waals surface area (Å²) in [6.07, 6.45) is 0. The highest BCUT2D eigenvalue weighted by Crippen LogP contribution is 2.43. The molecule has 4 heteroatoms. The van der Waals surface area contributed by atoms with E-state index in [4.69, 9.17) is 19.4 Å². The van der Waals surface area contributed by atoms with Gasteiger partial charge in [0.05, 0.1) is 33.4 Å². The number of pyridine rings is 1. The molecular formula is C49H31N3O. The maximum Gasteiger partial charge on any atom is 0.160 e. The number of hydrogen-bond acceptors (Lipinski definition) is 4. The minimum atomic E-state index is 0.665. The van der Waals surface area contributed by atoms with Crippen LogP contribution in [0.4, 0.5) is 0 Å². The van der Waals surface area contributed by atoms with Crippen LogP contribution in [0.25, 0.3) is 100 Å². The van der Waals surface area contributed by atoms with Crippen LogP contribution >= 0.6 is 0 Å². The van der Waals surface area contributed by atoms with E-state index in [0.29, 0.717) is 5.82 Å². The molecule has 248 valence electrons. The summed E-state index contributed by atoms with van der Waals surface area (Å²) in [5, 5.41) is 3.06. The van der Waals surface area contributed by atoms with Gasteiger partial charge in [0.2, 0.25) is 0 Å². The van der Waals surface area contributed by atoms with Crippen LogP contribution in [0.15, 0.2) is 192 Å². The lowest BCUT2D eigenvalue weighted by molar-refractivity contribution is 0.672. The molecule has 0 saturated carbocycles. The molecule has 0 fully saturated rings. The molecule has 0 spiro atoms. The van der Waals surface area contributed by atoms with Crippen molar-refractivity contribution in [2.75, 3.05) is 0 Å². The number of aromatic nitrogens is 3. The third-order valence-electron chi connectivity index (χ3n) is 9.92. The largest absolute Gasteiger partial charge is 0.455 e. The number of benzene rings is 7. The minimum absolute atomic E-state index is 0.665. The zero-order chi connectivity index (χ0) is 35.1. The quantitative estimate of drug-likeness (QED) is 0.176. The van der Waals surface area contributed by atoms with Crippen molar-refractivity contribution in [1.82, 2.24) is 15.0 Å². The molecule has 0 amide bonds. The van der Waals surface area contributed by atoms with Crippen molar-refractivity contribution in [1.29, 1.82) is 0 Å². The van der Waals surface area contributed by atoms with Crippen LogP contribution in [-0.4, -0.2) is 15.0 Å². The molecule has 0 aliphatic rings. The summed E-state index contributed by atoms with van der Waals surface area (Å²) in [5.74, 6) is 0.665. The lowest BCUT2D eigenvalue weighted by atomic mass is 9.96. The van der Waals surface area contributed by atoms with E-state index in [1.165, 1.54) is 11.1 Å². The van der Waals surface area contributed by atoms with Gasteiger partial charge in [-0.05, 0) is 40.5 Å². The van der Waals surface area contributed by atoms with E-state index in [1.54, 1.807) is 0 Å². The van der Waals surface area contributed by atoms with E-state index in [-0.39, 0.29) is 0 Å². The first-order valence-corrected chi connectivity index (χ1v) is 17.8. The SMILES string of the molecule is c1ccc(-c2ccc(-c3cc(-c4ccccc4)nc(-c4ccc(-c5nc6cccc(-c7ccccc7)c6c6oc7ccccc7c56)cc4)n3)cc2)cc1. The molecule has 4 nitrogen and oxygen atoms in total. The van der Waals surface area contributed by atoms with Gasteiger partial charge in [-0.25, -0.2) is 15.0 Å². The van der Waals surface area contributed by atoms with Crippen LogP contribution in [0.5, 0.6) is 0 Å². The van der Waals surface area contributed by atoms with E-state index < -0.39 is 0 Å². The number of rotatable bonds is 6. The van der Waals surface area contributed by atoms with Gasteiger partial charge in [-0.1, -0.05) is 170 Å². The first kappa shape index (κ1) is 30.6. The van der Waals surface area contributed by atoms with Crippen molar-refractivity contribution in [2.45, 2.75) is 0 Å². The Bertz CT molecular complexity index is 2900. The van der Waals surface area contributed by atoms with Crippen LogP contribution < -0.4 is 0 Å². The number of nitrogens with zero attached hydrogens (tertiary/aromatic N) is 3. The van der Waals surface area contributed by atoms with Gasteiger partial charge in [0.25, 0.3) is 0 Å². The molecule has 0 saturated heterocycles. The summed E-state index contributed by atoms with van der Waals surface area (Å²) in [7, 11) is 0. The molecule has 0 aliphatic carbocycles. The maximum absolute atomic E-state index is 6.67. The Morgan fingerprint density at radius 2 is 0.887 bits per heavy atom. The topological polar surface area (TPSA) is 51.8 Å². The molecule has 0 aliphatic heterocycles. The second-order valence-corrected chi connectivity index (χ2v) is 13.2. The summed E-state index contributed by atoms with van der Waals surface area (Å²) >= 11 is 0. The van der Waals surface area contributed by atoms with Crippen molar-refractivity contribution in [3.05, 3.63) is 188 Å². The summed E-state index contributed by atoms with van der Waals surface area (Å²) in [4.78, 5) is 15.5. The zero-order valence-corrected chi connectivity index (χ0v) is 28.6. The summed E-state index contributed by atoms with van der Waals surface area (Å²) in [6.45, 7) is 0. The molecule has 53 heavy (non-hydrogen) atoms. The molecule has 10 rings (SSSR count). The smallest absolute Gasteiger partial charge is 0.160 e. The van der Waals surface area contributed by atoms with Gasteiger partial charge in [-0.3, -0.25) is 0 Å². The Kier molecular flexibility index (Phi) is 7.43. The van der Waals surface area contributed by atoms with Gasteiger partial charge in [0.15, 0.2) is 5.82 Å². The predicted octanol–water partition coefficient (Wildman–Crippen LogP) is 12.9. The molecule has 0 bridgehead atoms. The second kappa shape index (κ2) is 12.9. The predicted molar refractivity (Wildman–Crippen MR) is 217 cm³/mol. The average molecular weight is 678 g/mol. The first-order valence-electron chi connectivity index (χ1n) is 17.8. The second-order valence-electron chi connectivity index (χ2n) is 13.2. The summed E-state index contributed by atoms with van der Waals surface area (Å²) in [6, 6.07) is 64.8. The number of furan rings is 1. The fraction of sp³-hybridized carbons (Fsp3) is 0. The maximum atomic E-state index is 6.67. The molecule has 7 aromatic carbocycles. The van der Waals surface area contributed by atoms with Gasteiger partial charge in [-0.2, -0.15) is 0 Å². The number of hydrogen-bond donors (Lipinski definition) is 0. The lowest BCUT2D eigenvalue weighted by Gasteiger charge is -2.12. The lowest BCUT2D eigenvalue weighted by Crippen LogP contribution is -1.96. The van der Waals surface area contributed by atoms with Crippen molar-refractivity contribution in [3.63, 3.8) is 0 Å². The van der Waals surface area contributed by atoms with Crippen LogP contribution in [0.1, 0.15) is 0 Å². The monoisotopic (exact) mass is 677 g/mol. The summed E-state index contributed by atoms with van der Waals surface area (Å²) in [5.41, 5.74) is 13.8. The van der Waals surface area contributed by atoms with Crippen LogP contribution in [0, 0.1) is 0 Å². The Balaban J connectivity index is 1.10. The summed E-state index contributed by atoms with van der Waals surface area (Å²) < 4.78 is 6.67. The van der Waals surface area contributed by atoms with Gasteiger partial charge < -0.3 is 4.42 Å². The van der Waals surface area contributed by atoms with E-state index in [0.717, 1.165) is 83.3 Å². The van der Waals surface area contributed by atoms with E-state index in [2.05, 4.69) is 146 Å². The zero-order valence-electron chi connectivity index (χ0n) is 28.6. The van der Waals surface area contributed by atoms with Gasteiger partial charge >= 0.3 is 0 Å². The molecular weight excluding hydrogens is 647 g/mol. The van der Waals surface area contributed by atoms with Gasteiger partial charge in [0, 0.05) is 27.6 Å². The van der Waals surface area contributed by atoms with Gasteiger partial charge in [-0.15, -0.1) is 0 Å². The standard InChI is InChI=1S/C49H31N3O/c1-4-13-32(14-5-1)33-23-25-36(26-24-33)43-31-42(35-17-8-3-9-18-35)51-49(52-43)38-29-27-37(28-30-38)47-46-40-19-10-11-22-44(40)53-48(46)45-39(20-12-21-41(45)50-47)34-15-6-2-7-16-34/h1-31H. The van der Waals surface area contributed by atoms with Gasteiger partial charge in [0.1, 0.15) is 11.2 Å². The fourth-order valence-electron chi connectivity index (χ4n) is 7.29. The van der Waals surface area contributed by atoms with Crippen LogP contribution in [0.3, 0.4) is 0 Å². The first-order chi connectivity index (χ1) is 26.3. The normalized spacial score (nSPS) is 11.4. The van der Waals surface area contributed by atoms with E-state index in [9.17, 15) is 0 Å². The number of para-hydroxylation sites is 1. The fourth-order valence-corrected chi connectivity index (χ4v) is 7.29. The molecule has 10 aromatic rings. The van der Waals surface area contributed by atoms with Crippen LogP contribution in [0.2, 0.25) is 0 Å². The average Bonchev–Trinajstić information content (AvgIpc) is 3.64. The molecule has 0 N–H and O–H groups in total. The van der Waals surface area contributed by atoms with Crippen LogP contribution in [-0.2, 0) is 0 Å². The van der Waals surface area contributed by atoms with Crippen molar-refractivity contribution in [3.8, 4) is 67.4 Å². The molecule has 0 unspecified atom stereocenters. The molecule has 0 radical (unpaired) electrons. The van der Waals surface area contributed by atoms with Crippen molar-refractivity contribution in [2.24, 2.45) is 0 Å². The Labute approximate surface area is 306 Å². The third kappa shape index (κ3) is 5.54. The van der Waals surface area contributed by atoms with E-state index in [1.807, 2.05) is 42.5 Å². The highest BCUT2D eigenvalue weighted by atomic mass is 16.3. The highest BCUT2D eigenvalue weighted by Gasteiger charge is 2.20. The van der Waals surface area contributed by atoms with Crippen molar-refractivity contribution >= 4 is 32.8 Å². The molecule has 3 heterocycles. The Hall–Kier alpha value is -7.17. The third-order valence-corrected chi connectivity index (χ3v) is 9.92. The van der Waals surface area contributed by atoms with Crippen molar-refractivity contribution < 1.29 is 4.42 Å².